The van der Waals surface area contributed by atoms with Crippen molar-refractivity contribution >= 4 is 29.3 Å². The summed E-state index contributed by atoms with van der Waals surface area (Å²) < 4.78 is 7.34. The van der Waals surface area contributed by atoms with E-state index in [2.05, 4.69) is 20.8 Å². The third kappa shape index (κ3) is 6.73. The van der Waals surface area contributed by atoms with Crippen molar-refractivity contribution in [2.45, 2.75) is 25.5 Å². The predicted octanol–water partition coefficient (Wildman–Crippen LogP) is 4.31. The Morgan fingerprint density at radius 1 is 0.917 bits per heavy atom. The normalized spacial score (nSPS) is 10.6. The molecule has 3 aromatic carbocycles. The van der Waals surface area contributed by atoms with Crippen LogP contribution in [0.4, 0.5) is 5.69 Å². The molecule has 36 heavy (non-hydrogen) atoms. The maximum absolute atomic E-state index is 12.6. The Morgan fingerprint density at radius 2 is 1.64 bits per heavy atom. The van der Waals surface area contributed by atoms with E-state index < -0.39 is 0 Å². The molecule has 1 aromatic heterocycles. The molecule has 0 bridgehead atoms. The van der Waals surface area contributed by atoms with Crippen LogP contribution in [-0.2, 0) is 16.1 Å². The monoisotopic (exact) mass is 501 g/mol. The van der Waals surface area contributed by atoms with Crippen LogP contribution >= 0.6 is 11.8 Å². The second-order valence-corrected chi connectivity index (χ2v) is 9.05. The molecular formula is C27H27N5O3S. The third-order valence-electron chi connectivity index (χ3n) is 5.27. The molecule has 0 saturated heterocycles. The molecule has 4 aromatic rings. The summed E-state index contributed by atoms with van der Waals surface area (Å²) in [7, 11) is 0. The fourth-order valence-corrected chi connectivity index (χ4v) is 4.20. The van der Waals surface area contributed by atoms with Gasteiger partial charge in [0.15, 0.2) is 17.6 Å². The number of aromatic nitrogens is 3. The first-order valence-corrected chi connectivity index (χ1v) is 12.4. The molecular weight excluding hydrogens is 474 g/mol. The Morgan fingerprint density at radius 3 is 2.39 bits per heavy atom. The summed E-state index contributed by atoms with van der Waals surface area (Å²) in [5.74, 6) is 0.924. The smallest absolute Gasteiger partial charge is 0.258 e. The number of nitrogens with one attached hydrogen (secondary N) is 2. The highest BCUT2D eigenvalue weighted by atomic mass is 32.2. The summed E-state index contributed by atoms with van der Waals surface area (Å²) in [5.41, 5.74) is 3.71. The average molecular weight is 502 g/mol. The van der Waals surface area contributed by atoms with Gasteiger partial charge in [0.05, 0.1) is 12.3 Å². The molecule has 0 saturated carbocycles. The van der Waals surface area contributed by atoms with E-state index in [9.17, 15) is 9.59 Å². The maximum atomic E-state index is 12.6. The minimum atomic E-state index is -0.274. The topological polar surface area (TPSA) is 98.1 Å². The van der Waals surface area contributed by atoms with Crippen LogP contribution in [0.2, 0.25) is 0 Å². The van der Waals surface area contributed by atoms with Crippen molar-refractivity contribution in [1.82, 2.24) is 20.1 Å². The first kappa shape index (κ1) is 25.0. The molecule has 0 unspecified atom stereocenters. The van der Waals surface area contributed by atoms with Crippen LogP contribution < -0.4 is 15.4 Å². The van der Waals surface area contributed by atoms with Crippen molar-refractivity contribution in [2.24, 2.45) is 0 Å². The highest BCUT2D eigenvalue weighted by Gasteiger charge is 2.17. The molecule has 0 radical (unpaired) electrons. The molecule has 2 amide bonds. The van der Waals surface area contributed by atoms with E-state index in [0.717, 1.165) is 22.5 Å². The number of ether oxygens (including phenoxy) is 1. The SMILES string of the molecule is Cc1ccc(C)c(NC(=O)CSc2nnc(CNC(=O)COc3ccccc3)n2-c2ccccc2)c1. The number of para-hydroxylation sites is 2. The summed E-state index contributed by atoms with van der Waals surface area (Å²) in [4.78, 5) is 25.0. The van der Waals surface area contributed by atoms with Crippen LogP contribution in [0.3, 0.4) is 0 Å². The van der Waals surface area contributed by atoms with Crippen molar-refractivity contribution in [1.29, 1.82) is 0 Å². The molecule has 0 aliphatic rings. The molecule has 0 spiro atoms. The second kappa shape index (κ2) is 12.0. The summed E-state index contributed by atoms with van der Waals surface area (Å²) in [6.07, 6.45) is 0. The quantitative estimate of drug-likeness (QED) is 0.314. The fraction of sp³-hybridized carbons (Fsp3) is 0.185. The van der Waals surface area contributed by atoms with Gasteiger partial charge in [-0.25, -0.2) is 0 Å². The molecule has 184 valence electrons. The first-order valence-electron chi connectivity index (χ1n) is 11.4. The van der Waals surface area contributed by atoms with Gasteiger partial charge in [0.1, 0.15) is 5.75 Å². The van der Waals surface area contributed by atoms with Gasteiger partial charge in [-0.05, 0) is 55.3 Å². The standard InChI is InChI=1S/C27H27N5O3S/c1-19-13-14-20(2)23(15-19)29-26(34)18-36-27-31-30-24(32(27)21-9-5-3-6-10-21)16-28-25(33)17-35-22-11-7-4-8-12-22/h3-15H,16-18H2,1-2H3,(H,28,33)(H,29,34). The number of hydrogen-bond donors (Lipinski definition) is 2. The van der Waals surface area contributed by atoms with Crippen LogP contribution in [0.25, 0.3) is 5.69 Å². The predicted molar refractivity (Wildman–Crippen MR) is 140 cm³/mol. The Balaban J connectivity index is 1.41. The van der Waals surface area contributed by atoms with E-state index in [1.807, 2.05) is 85.1 Å². The van der Waals surface area contributed by atoms with Gasteiger partial charge in [0.25, 0.3) is 5.91 Å². The zero-order chi connectivity index (χ0) is 25.3. The Bertz CT molecular complexity index is 1330. The van der Waals surface area contributed by atoms with Crippen molar-refractivity contribution < 1.29 is 14.3 Å². The Hall–Kier alpha value is -4.11. The van der Waals surface area contributed by atoms with Crippen LogP contribution in [-0.4, -0.2) is 38.9 Å². The summed E-state index contributed by atoms with van der Waals surface area (Å²) >= 11 is 1.28. The lowest BCUT2D eigenvalue weighted by atomic mass is 10.1. The number of carbonyl (C=O) groups excluding carboxylic acids is 2. The molecule has 9 heteroatoms. The van der Waals surface area contributed by atoms with Gasteiger partial charge in [0, 0.05) is 11.4 Å². The van der Waals surface area contributed by atoms with Gasteiger partial charge in [-0.2, -0.15) is 0 Å². The minimum absolute atomic E-state index is 0.107. The Kier molecular flexibility index (Phi) is 8.36. The Labute approximate surface area is 214 Å². The lowest BCUT2D eigenvalue weighted by Gasteiger charge is -2.12. The number of amides is 2. The van der Waals surface area contributed by atoms with E-state index in [1.54, 1.807) is 12.1 Å². The fourth-order valence-electron chi connectivity index (χ4n) is 3.43. The number of hydrogen-bond acceptors (Lipinski definition) is 6. The molecule has 2 N–H and O–H groups in total. The van der Waals surface area contributed by atoms with Gasteiger partial charge < -0.3 is 15.4 Å². The first-order chi connectivity index (χ1) is 17.5. The molecule has 0 atom stereocenters. The molecule has 0 aliphatic carbocycles. The second-order valence-electron chi connectivity index (χ2n) is 8.10. The summed E-state index contributed by atoms with van der Waals surface area (Å²) in [5, 5.41) is 14.9. The number of benzene rings is 3. The lowest BCUT2D eigenvalue weighted by Crippen LogP contribution is -2.29. The molecule has 0 fully saturated rings. The van der Waals surface area contributed by atoms with Crippen LogP contribution in [0.5, 0.6) is 5.75 Å². The maximum Gasteiger partial charge on any atom is 0.258 e. The van der Waals surface area contributed by atoms with Gasteiger partial charge in [-0.1, -0.05) is 60.3 Å². The van der Waals surface area contributed by atoms with E-state index in [1.165, 1.54) is 11.8 Å². The third-order valence-corrected chi connectivity index (χ3v) is 6.20. The van der Waals surface area contributed by atoms with E-state index in [0.29, 0.717) is 16.7 Å². The molecule has 1 heterocycles. The zero-order valence-electron chi connectivity index (χ0n) is 20.1. The number of aryl methyl sites for hydroxylation is 2. The molecule has 0 aliphatic heterocycles. The number of thioether (sulfide) groups is 1. The number of rotatable bonds is 10. The number of anilines is 1. The summed E-state index contributed by atoms with van der Waals surface area (Å²) in [6, 6.07) is 24.7. The average Bonchev–Trinajstić information content (AvgIpc) is 3.31. The van der Waals surface area contributed by atoms with Crippen LogP contribution in [0, 0.1) is 13.8 Å². The highest BCUT2D eigenvalue weighted by Crippen LogP contribution is 2.23. The van der Waals surface area contributed by atoms with E-state index >= 15 is 0 Å². The van der Waals surface area contributed by atoms with Gasteiger partial charge >= 0.3 is 0 Å². The lowest BCUT2D eigenvalue weighted by molar-refractivity contribution is -0.123. The molecule has 4 rings (SSSR count). The van der Waals surface area contributed by atoms with E-state index in [-0.39, 0.29) is 30.7 Å². The van der Waals surface area contributed by atoms with Crippen molar-refractivity contribution in [2.75, 3.05) is 17.7 Å². The van der Waals surface area contributed by atoms with Crippen molar-refractivity contribution in [3.05, 3.63) is 95.8 Å². The number of nitrogens with zero attached hydrogens (tertiary/aromatic N) is 3. The van der Waals surface area contributed by atoms with Gasteiger partial charge in [-0.15, -0.1) is 10.2 Å². The van der Waals surface area contributed by atoms with E-state index in [4.69, 9.17) is 4.74 Å². The largest absolute Gasteiger partial charge is 0.484 e. The summed E-state index contributed by atoms with van der Waals surface area (Å²) in [6.45, 7) is 4.00. The minimum Gasteiger partial charge on any atom is -0.484 e. The van der Waals surface area contributed by atoms with Crippen LogP contribution in [0.1, 0.15) is 17.0 Å². The van der Waals surface area contributed by atoms with Gasteiger partial charge in [0.2, 0.25) is 5.91 Å². The zero-order valence-corrected chi connectivity index (χ0v) is 20.9. The van der Waals surface area contributed by atoms with Crippen molar-refractivity contribution in [3.63, 3.8) is 0 Å². The van der Waals surface area contributed by atoms with Crippen molar-refractivity contribution in [3.8, 4) is 11.4 Å². The highest BCUT2D eigenvalue weighted by molar-refractivity contribution is 7.99. The van der Waals surface area contributed by atoms with Gasteiger partial charge in [-0.3, -0.25) is 14.2 Å². The molecule has 8 nitrogen and oxygen atoms in total. The van der Waals surface area contributed by atoms with Crippen LogP contribution in [0.15, 0.2) is 84.0 Å². The number of carbonyl (C=O) groups is 2.